The topological polar surface area (TPSA) is 74.4 Å². The van der Waals surface area contributed by atoms with Gasteiger partial charge in [0.1, 0.15) is 12.6 Å². The number of hydrogen-bond donors (Lipinski definition) is 1. The fourth-order valence-corrected chi connectivity index (χ4v) is 1.54. The summed E-state index contributed by atoms with van der Waals surface area (Å²) in [6, 6.07) is -0.215. The maximum absolute atomic E-state index is 12.4. The fourth-order valence-electron chi connectivity index (χ4n) is 1.07. The zero-order chi connectivity index (χ0) is 14.6. The maximum atomic E-state index is 12.4. The van der Waals surface area contributed by atoms with Crippen LogP contribution in [0, 0.1) is 0 Å². The zero-order valence-electron chi connectivity index (χ0n) is 9.70. The Balaban J connectivity index is 2.73. The largest absolute Gasteiger partial charge is 0.475 e. The van der Waals surface area contributed by atoms with E-state index < -0.39 is 23.8 Å². The summed E-state index contributed by atoms with van der Waals surface area (Å²) >= 11 is 2.90. The molecule has 0 fully saturated rings. The van der Waals surface area contributed by atoms with E-state index in [0.29, 0.717) is 6.20 Å². The molecule has 0 bridgehead atoms. The van der Waals surface area contributed by atoms with Crippen molar-refractivity contribution in [2.45, 2.75) is 12.2 Å². The van der Waals surface area contributed by atoms with Gasteiger partial charge in [0, 0.05) is 6.20 Å². The van der Waals surface area contributed by atoms with Crippen LogP contribution in [0.3, 0.4) is 0 Å². The molecule has 9 heteroatoms. The number of carbonyl (C=O) groups is 1. The second-order valence-electron chi connectivity index (χ2n) is 3.45. The van der Waals surface area contributed by atoms with Crippen molar-refractivity contribution in [3.63, 3.8) is 0 Å². The third kappa shape index (κ3) is 4.35. The Morgan fingerprint density at radius 3 is 2.68 bits per heavy atom. The number of methoxy groups -OCH3 is 1. The lowest BCUT2D eigenvalue weighted by molar-refractivity contribution is -0.142. The number of alkyl halides is 3. The minimum absolute atomic E-state index is 0.0133. The lowest BCUT2D eigenvalue weighted by Crippen LogP contribution is -2.37. The first-order valence-electron chi connectivity index (χ1n) is 4.94. The van der Waals surface area contributed by atoms with Crippen LogP contribution in [0.25, 0.3) is 0 Å². The lowest BCUT2D eigenvalue weighted by Gasteiger charge is -2.12. The first-order valence-corrected chi connectivity index (χ1v) is 5.74. The number of pyridine rings is 1. The SMILES string of the molecule is COC(=O)C(N)COc1ncc(C(F)(F)F)cc1Br. The Hall–Kier alpha value is -1.35. The van der Waals surface area contributed by atoms with Crippen molar-refractivity contribution in [2.75, 3.05) is 13.7 Å². The van der Waals surface area contributed by atoms with E-state index in [4.69, 9.17) is 10.5 Å². The number of esters is 1. The predicted molar refractivity (Wildman–Crippen MR) is 62.4 cm³/mol. The number of rotatable bonds is 4. The Labute approximate surface area is 115 Å². The summed E-state index contributed by atoms with van der Waals surface area (Å²) in [5.74, 6) is -0.782. The maximum Gasteiger partial charge on any atom is 0.417 e. The molecule has 1 rings (SSSR count). The van der Waals surface area contributed by atoms with Gasteiger partial charge in [-0.2, -0.15) is 13.2 Å². The molecule has 5 nitrogen and oxygen atoms in total. The van der Waals surface area contributed by atoms with Gasteiger partial charge >= 0.3 is 12.1 Å². The van der Waals surface area contributed by atoms with Crippen molar-refractivity contribution in [2.24, 2.45) is 5.73 Å². The van der Waals surface area contributed by atoms with Crippen LogP contribution in [-0.4, -0.2) is 30.7 Å². The molecule has 0 aliphatic carbocycles. The van der Waals surface area contributed by atoms with Gasteiger partial charge in [-0.25, -0.2) is 4.98 Å². The van der Waals surface area contributed by atoms with Gasteiger partial charge in [0.25, 0.3) is 0 Å². The average Bonchev–Trinajstić information content (AvgIpc) is 2.34. The third-order valence-corrected chi connectivity index (χ3v) is 2.61. The first kappa shape index (κ1) is 15.7. The highest BCUT2D eigenvalue weighted by Crippen LogP contribution is 2.33. The summed E-state index contributed by atoms with van der Waals surface area (Å²) in [7, 11) is 1.16. The summed E-state index contributed by atoms with van der Waals surface area (Å²) in [4.78, 5) is 14.5. The molecule has 1 heterocycles. The van der Waals surface area contributed by atoms with E-state index in [1.54, 1.807) is 0 Å². The van der Waals surface area contributed by atoms with Crippen LogP contribution < -0.4 is 10.5 Å². The molecule has 1 aromatic heterocycles. The molecular weight excluding hydrogens is 333 g/mol. The van der Waals surface area contributed by atoms with Gasteiger partial charge in [-0.3, -0.25) is 4.79 Å². The summed E-state index contributed by atoms with van der Waals surface area (Å²) in [5.41, 5.74) is 4.49. The number of halogens is 4. The summed E-state index contributed by atoms with van der Waals surface area (Å²) in [6.45, 7) is -0.260. The molecule has 1 unspecified atom stereocenters. The summed E-state index contributed by atoms with van der Waals surface area (Å²) < 4.78 is 46.6. The quantitative estimate of drug-likeness (QED) is 0.843. The van der Waals surface area contributed by atoms with Gasteiger partial charge in [0.15, 0.2) is 0 Å². The molecule has 1 atom stereocenters. The molecule has 0 saturated heterocycles. The van der Waals surface area contributed by atoms with Crippen LogP contribution in [0.1, 0.15) is 5.56 Å². The van der Waals surface area contributed by atoms with Crippen molar-refractivity contribution in [3.05, 3.63) is 22.3 Å². The Morgan fingerprint density at radius 2 is 2.21 bits per heavy atom. The molecule has 0 spiro atoms. The number of nitrogens with zero attached hydrogens (tertiary/aromatic N) is 1. The number of nitrogens with two attached hydrogens (primary N) is 1. The Bertz CT molecular complexity index is 468. The summed E-state index contributed by atoms with van der Waals surface area (Å²) in [6.07, 6.45) is -3.86. The Morgan fingerprint density at radius 1 is 1.58 bits per heavy atom. The minimum atomic E-state index is -4.49. The molecule has 2 N–H and O–H groups in total. The van der Waals surface area contributed by atoms with Crippen LogP contribution >= 0.6 is 15.9 Å². The van der Waals surface area contributed by atoms with Gasteiger partial charge in [0.2, 0.25) is 5.88 Å². The van der Waals surface area contributed by atoms with E-state index in [9.17, 15) is 18.0 Å². The zero-order valence-corrected chi connectivity index (χ0v) is 11.3. The normalized spacial score (nSPS) is 12.9. The van der Waals surface area contributed by atoms with E-state index in [1.165, 1.54) is 0 Å². The van der Waals surface area contributed by atoms with E-state index in [0.717, 1.165) is 13.2 Å². The van der Waals surface area contributed by atoms with Crippen molar-refractivity contribution in [1.82, 2.24) is 4.98 Å². The average molecular weight is 343 g/mol. The van der Waals surface area contributed by atoms with E-state index in [1.807, 2.05) is 0 Å². The molecule has 1 aromatic rings. The summed E-state index contributed by atoms with van der Waals surface area (Å²) in [5, 5.41) is 0. The lowest BCUT2D eigenvalue weighted by atomic mass is 10.3. The van der Waals surface area contributed by atoms with E-state index in [-0.39, 0.29) is 17.0 Å². The molecule has 0 saturated carbocycles. The molecule has 0 radical (unpaired) electrons. The van der Waals surface area contributed by atoms with Gasteiger partial charge in [-0.1, -0.05) is 0 Å². The van der Waals surface area contributed by atoms with Crippen molar-refractivity contribution >= 4 is 21.9 Å². The highest BCUT2D eigenvalue weighted by Gasteiger charge is 2.31. The molecular formula is C10H10BrF3N2O3. The highest BCUT2D eigenvalue weighted by atomic mass is 79.9. The fraction of sp³-hybridized carbons (Fsp3) is 0.400. The second kappa shape index (κ2) is 6.20. The third-order valence-electron chi connectivity index (χ3n) is 2.04. The van der Waals surface area contributed by atoms with Crippen LogP contribution in [0.15, 0.2) is 16.7 Å². The molecule has 106 valence electrons. The molecule has 0 amide bonds. The monoisotopic (exact) mass is 342 g/mol. The van der Waals surface area contributed by atoms with Crippen LogP contribution in [-0.2, 0) is 15.7 Å². The first-order chi connectivity index (χ1) is 8.75. The van der Waals surface area contributed by atoms with Gasteiger partial charge in [0.05, 0.1) is 17.1 Å². The predicted octanol–water partition coefficient (Wildman–Crippen LogP) is 1.74. The van der Waals surface area contributed by atoms with Gasteiger partial charge in [-0.15, -0.1) is 0 Å². The van der Waals surface area contributed by atoms with Gasteiger partial charge in [-0.05, 0) is 22.0 Å². The van der Waals surface area contributed by atoms with Crippen molar-refractivity contribution < 1.29 is 27.4 Å². The van der Waals surface area contributed by atoms with Crippen LogP contribution in [0.2, 0.25) is 0 Å². The van der Waals surface area contributed by atoms with Crippen molar-refractivity contribution in [1.29, 1.82) is 0 Å². The number of hydrogen-bond acceptors (Lipinski definition) is 5. The Kier molecular flexibility index (Phi) is 5.12. The standard InChI is InChI=1S/C10H10BrF3N2O3/c1-18-9(17)7(15)4-19-8-6(11)2-5(3-16-8)10(12,13)14/h2-3,7H,4,15H2,1H3. The van der Waals surface area contributed by atoms with Crippen LogP contribution in [0.4, 0.5) is 13.2 Å². The molecule has 0 aliphatic rings. The van der Waals surface area contributed by atoms with Crippen molar-refractivity contribution in [3.8, 4) is 5.88 Å². The minimum Gasteiger partial charge on any atom is -0.475 e. The molecule has 0 aliphatic heterocycles. The molecule has 0 aromatic carbocycles. The highest BCUT2D eigenvalue weighted by molar-refractivity contribution is 9.10. The number of aromatic nitrogens is 1. The number of carbonyl (C=O) groups excluding carboxylic acids is 1. The van der Waals surface area contributed by atoms with E-state index >= 15 is 0 Å². The van der Waals surface area contributed by atoms with E-state index in [2.05, 4.69) is 25.7 Å². The smallest absolute Gasteiger partial charge is 0.417 e. The second-order valence-corrected chi connectivity index (χ2v) is 4.30. The molecule has 19 heavy (non-hydrogen) atoms. The van der Waals surface area contributed by atoms with Gasteiger partial charge < -0.3 is 15.2 Å². The van der Waals surface area contributed by atoms with Crippen LogP contribution in [0.5, 0.6) is 5.88 Å². The number of ether oxygens (including phenoxy) is 2.